The maximum absolute atomic E-state index is 8.91. The van der Waals surface area contributed by atoms with Crippen molar-refractivity contribution in [2.45, 2.75) is 44.4 Å². The van der Waals surface area contributed by atoms with Crippen LogP contribution in [0, 0.1) is 29.1 Å². The summed E-state index contributed by atoms with van der Waals surface area (Å²) in [6.45, 7) is 3.77. The number of hydrogen-bond acceptors (Lipinski definition) is 1. The average molecular weight is 339 g/mol. The maximum Gasteiger partial charge on any atom is 0.0991 e. The quantitative estimate of drug-likeness (QED) is 0.495. The van der Waals surface area contributed by atoms with Crippen LogP contribution in [0.5, 0.6) is 0 Å². The van der Waals surface area contributed by atoms with Crippen LogP contribution in [0.3, 0.4) is 0 Å². The van der Waals surface area contributed by atoms with Crippen molar-refractivity contribution < 1.29 is 0 Å². The molecule has 1 saturated carbocycles. The van der Waals surface area contributed by atoms with Crippen LogP contribution < -0.4 is 0 Å². The van der Waals surface area contributed by atoms with Gasteiger partial charge in [0.2, 0.25) is 0 Å². The minimum absolute atomic E-state index is 0.505. The third kappa shape index (κ3) is 4.87. The number of benzene rings is 2. The molecular formula is C25H25N. The number of nitrogens with zero attached hydrogens (tertiary/aromatic N) is 1. The van der Waals surface area contributed by atoms with Gasteiger partial charge >= 0.3 is 0 Å². The largest absolute Gasteiger partial charge is 0.192 e. The SMILES string of the molecule is C=CCCc1ccc(C#C[C@H]2CC[C@H](c3ccc(C#N)cc3)CC2)cc1. The van der Waals surface area contributed by atoms with Crippen molar-refractivity contribution in [1.82, 2.24) is 0 Å². The first-order valence-electron chi connectivity index (χ1n) is 9.50. The Bertz CT molecular complexity index is 817. The molecule has 0 N–H and O–H groups in total. The fraction of sp³-hybridized carbons (Fsp3) is 0.320. The third-order valence-corrected chi connectivity index (χ3v) is 5.25. The summed E-state index contributed by atoms with van der Waals surface area (Å²) in [6.07, 6.45) is 8.73. The van der Waals surface area contributed by atoms with Crippen LogP contribution in [0.2, 0.25) is 0 Å². The van der Waals surface area contributed by atoms with Crippen molar-refractivity contribution in [3.8, 4) is 17.9 Å². The monoisotopic (exact) mass is 339 g/mol. The first-order chi connectivity index (χ1) is 12.8. The van der Waals surface area contributed by atoms with Gasteiger partial charge in [-0.2, -0.15) is 5.26 Å². The molecule has 1 fully saturated rings. The molecule has 0 radical (unpaired) electrons. The van der Waals surface area contributed by atoms with E-state index in [1.54, 1.807) is 0 Å². The molecule has 0 spiro atoms. The van der Waals surface area contributed by atoms with Gasteiger partial charge in [-0.1, -0.05) is 42.2 Å². The lowest BCUT2D eigenvalue weighted by Gasteiger charge is -2.26. The summed E-state index contributed by atoms with van der Waals surface area (Å²) in [6, 6.07) is 18.9. The molecule has 2 aromatic rings. The Morgan fingerprint density at radius 2 is 1.58 bits per heavy atom. The Balaban J connectivity index is 1.53. The van der Waals surface area contributed by atoms with E-state index in [-0.39, 0.29) is 0 Å². The van der Waals surface area contributed by atoms with E-state index in [1.807, 2.05) is 18.2 Å². The second-order valence-corrected chi connectivity index (χ2v) is 7.08. The van der Waals surface area contributed by atoms with Gasteiger partial charge in [-0.25, -0.2) is 0 Å². The molecule has 1 nitrogen and oxygen atoms in total. The summed E-state index contributed by atoms with van der Waals surface area (Å²) in [5, 5.41) is 8.91. The summed E-state index contributed by atoms with van der Waals surface area (Å²) in [4.78, 5) is 0. The van der Waals surface area contributed by atoms with Crippen molar-refractivity contribution in [3.05, 3.63) is 83.4 Å². The summed E-state index contributed by atoms with van der Waals surface area (Å²) in [5.74, 6) is 7.96. The summed E-state index contributed by atoms with van der Waals surface area (Å²) < 4.78 is 0. The minimum atomic E-state index is 0.505. The summed E-state index contributed by atoms with van der Waals surface area (Å²) >= 11 is 0. The Morgan fingerprint density at radius 1 is 0.923 bits per heavy atom. The number of nitriles is 1. The fourth-order valence-electron chi connectivity index (χ4n) is 3.61. The van der Waals surface area contributed by atoms with Crippen LogP contribution in [-0.2, 0) is 6.42 Å². The van der Waals surface area contributed by atoms with Gasteiger partial charge in [-0.15, -0.1) is 6.58 Å². The molecule has 0 amide bonds. The Hall–Kier alpha value is -2.77. The van der Waals surface area contributed by atoms with Gasteiger partial charge in [0.25, 0.3) is 0 Å². The molecule has 0 unspecified atom stereocenters. The first kappa shape index (κ1) is 18.0. The fourth-order valence-corrected chi connectivity index (χ4v) is 3.61. The van der Waals surface area contributed by atoms with Gasteiger partial charge in [0.1, 0.15) is 0 Å². The molecule has 0 saturated heterocycles. The molecule has 1 aliphatic rings. The second-order valence-electron chi connectivity index (χ2n) is 7.08. The van der Waals surface area contributed by atoms with E-state index in [2.05, 4.69) is 60.9 Å². The zero-order valence-electron chi connectivity index (χ0n) is 15.2. The lowest BCUT2D eigenvalue weighted by molar-refractivity contribution is 0.384. The first-order valence-corrected chi connectivity index (χ1v) is 9.50. The van der Waals surface area contributed by atoms with E-state index in [0.717, 1.165) is 36.8 Å². The second kappa shape index (κ2) is 9.07. The minimum Gasteiger partial charge on any atom is -0.192 e. The maximum atomic E-state index is 8.91. The number of hydrogen-bond donors (Lipinski definition) is 0. The smallest absolute Gasteiger partial charge is 0.0991 e. The van der Waals surface area contributed by atoms with Gasteiger partial charge in [-0.05, 0) is 79.8 Å². The zero-order chi connectivity index (χ0) is 18.2. The highest BCUT2D eigenvalue weighted by Crippen LogP contribution is 2.35. The highest BCUT2D eigenvalue weighted by atomic mass is 14.3. The van der Waals surface area contributed by atoms with Gasteiger partial charge in [0.15, 0.2) is 0 Å². The molecule has 0 aliphatic heterocycles. The Kier molecular flexibility index (Phi) is 6.29. The molecule has 0 atom stereocenters. The Labute approximate surface area is 157 Å². The van der Waals surface area contributed by atoms with Crippen LogP contribution in [0.4, 0.5) is 0 Å². The van der Waals surface area contributed by atoms with Crippen LogP contribution in [0.15, 0.2) is 61.2 Å². The number of aryl methyl sites for hydroxylation is 1. The number of rotatable bonds is 4. The van der Waals surface area contributed by atoms with E-state index in [1.165, 1.54) is 24.0 Å². The van der Waals surface area contributed by atoms with Crippen molar-refractivity contribution >= 4 is 0 Å². The molecule has 130 valence electrons. The Morgan fingerprint density at radius 3 is 2.19 bits per heavy atom. The third-order valence-electron chi connectivity index (χ3n) is 5.25. The molecular weight excluding hydrogens is 314 g/mol. The van der Waals surface area contributed by atoms with Crippen LogP contribution >= 0.6 is 0 Å². The van der Waals surface area contributed by atoms with Crippen molar-refractivity contribution in [3.63, 3.8) is 0 Å². The zero-order valence-corrected chi connectivity index (χ0v) is 15.2. The van der Waals surface area contributed by atoms with Gasteiger partial charge < -0.3 is 0 Å². The predicted molar refractivity (Wildman–Crippen MR) is 108 cm³/mol. The predicted octanol–water partition coefficient (Wildman–Crippen LogP) is 6.00. The van der Waals surface area contributed by atoms with Crippen LogP contribution in [0.1, 0.15) is 60.3 Å². The lowest BCUT2D eigenvalue weighted by atomic mass is 9.79. The molecule has 0 bridgehead atoms. The van der Waals surface area contributed by atoms with E-state index < -0.39 is 0 Å². The molecule has 0 aromatic heterocycles. The topological polar surface area (TPSA) is 23.8 Å². The van der Waals surface area contributed by atoms with Gasteiger partial charge in [0, 0.05) is 11.5 Å². The van der Waals surface area contributed by atoms with Gasteiger partial charge in [-0.3, -0.25) is 0 Å². The van der Waals surface area contributed by atoms with Crippen molar-refractivity contribution in [1.29, 1.82) is 5.26 Å². The van der Waals surface area contributed by atoms with E-state index in [4.69, 9.17) is 5.26 Å². The highest BCUT2D eigenvalue weighted by molar-refractivity contribution is 5.37. The average Bonchev–Trinajstić information content (AvgIpc) is 2.72. The van der Waals surface area contributed by atoms with Crippen LogP contribution in [-0.4, -0.2) is 0 Å². The standard InChI is InChI=1S/C25H25N/c1-2-3-4-20-5-7-21(8-6-20)9-10-22-11-15-24(16-12-22)25-17-13-23(19-26)14-18-25/h2,5-8,13-14,17-18,22,24H,1,3-4,11-12,15-16H2/t22-,24-. The van der Waals surface area contributed by atoms with Gasteiger partial charge in [0.05, 0.1) is 11.6 Å². The van der Waals surface area contributed by atoms with Crippen molar-refractivity contribution in [2.24, 2.45) is 5.92 Å². The lowest BCUT2D eigenvalue weighted by Crippen LogP contribution is -2.12. The summed E-state index contributed by atoms with van der Waals surface area (Å²) in [5.41, 5.74) is 4.56. The molecule has 1 heteroatoms. The van der Waals surface area contributed by atoms with E-state index >= 15 is 0 Å². The molecule has 3 rings (SSSR count). The summed E-state index contributed by atoms with van der Waals surface area (Å²) in [7, 11) is 0. The molecule has 26 heavy (non-hydrogen) atoms. The normalized spacial score (nSPS) is 19.0. The number of allylic oxidation sites excluding steroid dienone is 1. The molecule has 1 aliphatic carbocycles. The van der Waals surface area contributed by atoms with E-state index in [9.17, 15) is 0 Å². The van der Waals surface area contributed by atoms with Crippen LogP contribution in [0.25, 0.3) is 0 Å². The molecule has 2 aromatic carbocycles. The van der Waals surface area contributed by atoms with E-state index in [0.29, 0.717) is 11.8 Å². The molecule has 0 heterocycles. The highest BCUT2D eigenvalue weighted by Gasteiger charge is 2.21. The van der Waals surface area contributed by atoms with Crippen molar-refractivity contribution in [2.75, 3.05) is 0 Å².